The topological polar surface area (TPSA) is 73.1 Å². The molecule has 1 aliphatic heterocycles. The fraction of sp³-hybridized carbons (Fsp3) is 0.364. The first kappa shape index (κ1) is 18.5. The minimum absolute atomic E-state index is 0.176. The molecule has 146 valence electrons. The van der Waals surface area contributed by atoms with E-state index in [4.69, 9.17) is 0 Å². The molecule has 6 nitrogen and oxygen atoms in total. The zero-order valence-corrected chi connectivity index (χ0v) is 16.5. The Bertz CT molecular complexity index is 980. The second-order valence-electron chi connectivity index (χ2n) is 7.58. The SMILES string of the molecule is Cc1nc2ccc(NC(=O)NCCN3CC[C@H](c4ccccc4C)C3)cc2[nH]1. The van der Waals surface area contributed by atoms with Crippen molar-refractivity contribution in [2.45, 2.75) is 26.2 Å². The van der Waals surface area contributed by atoms with Gasteiger partial charge >= 0.3 is 6.03 Å². The number of imidazole rings is 1. The van der Waals surface area contributed by atoms with Gasteiger partial charge in [-0.15, -0.1) is 0 Å². The number of aromatic amines is 1. The Balaban J connectivity index is 1.23. The van der Waals surface area contributed by atoms with Crippen molar-refractivity contribution in [3.63, 3.8) is 0 Å². The smallest absolute Gasteiger partial charge is 0.319 e. The zero-order chi connectivity index (χ0) is 19.5. The first-order chi connectivity index (χ1) is 13.6. The lowest BCUT2D eigenvalue weighted by atomic mass is 9.94. The number of nitrogens with zero attached hydrogens (tertiary/aromatic N) is 2. The van der Waals surface area contributed by atoms with Gasteiger partial charge in [-0.3, -0.25) is 0 Å². The van der Waals surface area contributed by atoms with Crippen molar-refractivity contribution >= 4 is 22.8 Å². The normalized spacial score (nSPS) is 17.1. The Morgan fingerprint density at radius 3 is 2.96 bits per heavy atom. The maximum atomic E-state index is 12.2. The van der Waals surface area contributed by atoms with Gasteiger partial charge in [-0.1, -0.05) is 24.3 Å². The zero-order valence-electron chi connectivity index (χ0n) is 16.5. The maximum absolute atomic E-state index is 12.2. The number of rotatable bonds is 5. The number of aryl methyl sites for hydroxylation is 2. The van der Waals surface area contributed by atoms with Crippen LogP contribution in [0, 0.1) is 13.8 Å². The van der Waals surface area contributed by atoms with Gasteiger partial charge in [0.15, 0.2) is 0 Å². The highest BCUT2D eigenvalue weighted by molar-refractivity contribution is 5.91. The van der Waals surface area contributed by atoms with E-state index in [9.17, 15) is 4.79 Å². The van der Waals surface area contributed by atoms with Crippen LogP contribution in [-0.2, 0) is 0 Å². The summed E-state index contributed by atoms with van der Waals surface area (Å²) >= 11 is 0. The largest absolute Gasteiger partial charge is 0.342 e. The lowest BCUT2D eigenvalue weighted by Crippen LogP contribution is -2.36. The molecule has 0 spiro atoms. The predicted octanol–water partition coefficient (Wildman–Crippen LogP) is 3.79. The quantitative estimate of drug-likeness (QED) is 0.633. The Kier molecular flexibility index (Phi) is 5.30. The first-order valence-corrected chi connectivity index (χ1v) is 9.87. The van der Waals surface area contributed by atoms with Crippen LogP contribution in [0.4, 0.5) is 10.5 Å². The summed E-state index contributed by atoms with van der Waals surface area (Å²) in [6.07, 6.45) is 1.18. The van der Waals surface area contributed by atoms with Crippen LogP contribution in [0.25, 0.3) is 11.0 Å². The average molecular weight is 377 g/mol. The third-order valence-electron chi connectivity index (χ3n) is 5.47. The molecule has 3 N–H and O–H groups in total. The third kappa shape index (κ3) is 4.17. The van der Waals surface area contributed by atoms with Crippen molar-refractivity contribution in [2.24, 2.45) is 0 Å². The number of hydrogen-bond acceptors (Lipinski definition) is 3. The van der Waals surface area contributed by atoms with Crippen LogP contribution >= 0.6 is 0 Å². The number of likely N-dealkylation sites (tertiary alicyclic amines) is 1. The minimum atomic E-state index is -0.176. The summed E-state index contributed by atoms with van der Waals surface area (Å²) in [6, 6.07) is 14.2. The van der Waals surface area contributed by atoms with Crippen molar-refractivity contribution in [2.75, 3.05) is 31.5 Å². The molecule has 1 saturated heterocycles. The second kappa shape index (κ2) is 8.02. The van der Waals surface area contributed by atoms with Crippen molar-refractivity contribution < 1.29 is 4.79 Å². The lowest BCUT2D eigenvalue weighted by Gasteiger charge is -2.17. The van der Waals surface area contributed by atoms with Crippen LogP contribution in [0.1, 0.15) is 29.3 Å². The van der Waals surface area contributed by atoms with Crippen molar-refractivity contribution in [1.82, 2.24) is 20.2 Å². The molecule has 0 bridgehead atoms. The molecule has 1 atom stereocenters. The van der Waals surface area contributed by atoms with E-state index in [0.717, 1.165) is 42.2 Å². The molecule has 2 aromatic carbocycles. The van der Waals surface area contributed by atoms with E-state index in [1.165, 1.54) is 17.5 Å². The monoisotopic (exact) mass is 377 g/mol. The molecule has 0 radical (unpaired) electrons. The molecule has 28 heavy (non-hydrogen) atoms. The fourth-order valence-electron chi connectivity index (χ4n) is 4.05. The standard InChI is InChI=1S/C22H27N5O/c1-15-5-3-4-6-19(15)17-9-11-27(14-17)12-10-23-22(28)26-18-7-8-20-21(13-18)25-16(2)24-20/h3-8,13,17H,9-12,14H2,1-2H3,(H,24,25)(H2,23,26,28)/t17-/m0/s1. The molecule has 1 aromatic heterocycles. The molecule has 4 rings (SSSR count). The fourth-order valence-corrected chi connectivity index (χ4v) is 4.05. The number of amides is 2. The number of hydrogen-bond donors (Lipinski definition) is 3. The Hall–Kier alpha value is -2.86. The van der Waals surface area contributed by atoms with Gasteiger partial charge in [0.05, 0.1) is 11.0 Å². The van der Waals surface area contributed by atoms with Crippen LogP contribution < -0.4 is 10.6 Å². The van der Waals surface area contributed by atoms with Crippen LogP contribution in [0.2, 0.25) is 0 Å². The highest BCUT2D eigenvalue weighted by atomic mass is 16.2. The van der Waals surface area contributed by atoms with Gasteiger partial charge in [-0.2, -0.15) is 0 Å². The third-order valence-corrected chi connectivity index (χ3v) is 5.47. The van der Waals surface area contributed by atoms with Crippen molar-refractivity contribution in [3.8, 4) is 0 Å². The van der Waals surface area contributed by atoms with Gasteiger partial charge in [-0.25, -0.2) is 9.78 Å². The van der Waals surface area contributed by atoms with Crippen molar-refractivity contribution in [1.29, 1.82) is 0 Å². The number of anilines is 1. The Morgan fingerprint density at radius 1 is 1.25 bits per heavy atom. The van der Waals surface area contributed by atoms with Gasteiger partial charge in [0.2, 0.25) is 0 Å². The van der Waals surface area contributed by atoms with Crippen LogP contribution in [0.5, 0.6) is 0 Å². The molecule has 0 saturated carbocycles. The number of urea groups is 1. The summed E-state index contributed by atoms with van der Waals surface area (Å²) in [7, 11) is 0. The van der Waals surface area contributed by atoms with Crippen LogP contribution in [0.15, 0.2) is 42.5 Å². The van der Waals surface area contributed by atoms with Gasteiger partial charge in [0.1, 0.15) is 5.82 Å². The van der Waals surface area contributed by atoms with E-state index >= 15 is 0 Å². The Morgan fingerprint density at radius 2 is 2.11 bits per heavy atom. The van der Waals surface area contributed by atoms with Gasteiger partial charge < -0.3 is 20.5 Å². The number of benzene rings is 2. The molecule has 2 heterocycles. The molecule has 0 aliphatic carbocycles. The van der Waals surface area contributed by atoms with Gasteiger partial charge in [0, 0.05) is 25.3 Å². The van der Waals surface area contributed by atoms with Crippen LogP contribution in [0.3, 0.4) is 0 Å². The summed E-state index contributed by atoms with van der Waals surface area (Å²) in [6.45, 7) is 7.75. The van der Waals surface area contributed by atoms with E-state index in [1.807, 2.05) is 25.1 Å². The minimum Gasteiger partial charge on any atom is -0.342 e. The molecule has 6 heteroatoms. The second-order valence-corrected chi connectivity index (χ2v) is 7.58. The number of fused-ring (bicyclic) bond motifs is 1. The number of H-pyrrole nitrogens is 1. The van der Waals surface area contributed by atoms with Gasteiger partial charge in [0.25, 0.3) is 0 Å². The number of carbonyl (C=O) groups excluding carboxylic acids is 1. The molecule has 1 fully saturated rings. The number of aromatic nitrogens is 2. The summed E-state index contributed by atoms with van der Waals surface area (Å²) in [5.41, 5.74) is 5.42. The lowest BCUT2D eigenvalue weighted by molar-refractivity contribution is 0.249. The summed E-state index contributed by atoms with van der Waals surface area (Å²) in [5, 5.41) is 5.85. The van der Waals surface area contributed by atoms with Crippen molar-refractivity contribution in [3.05, 3.63) is 59.4 Å². The first-order valence-electron chi connectivity index (χ1n) is 9.87. The molecule has 2 amide bonds. The molecule has 1 aliphatic rings. The highest BCUT2D eigenvalue weighted by Gasteiger charge is 2.24. The molecular formula is C22H27N5O. The van der Waals surface area contributed by atoms with E-state index in [2.05, 4.69) is 56.7 Å². The van der Waals surface area contributed by atoms with Gasteiger partial charge in [-0.05, 0) is 62.1 Å². The highest BCUT2D eigenvalue weighted by Crippen LogP contribution is 2.28. The van der Waals surface area contributed by atoms with E-state index in [1.54, 1.807) is 0 Å². The molecule has 3 aromatic rings. The summed E-state index contributed by atoms with van der Waals surface area (Å²) < 4.78 is 0. The van der Waals surface area contributed by atoms with Crippen LogP contribution in [-0.4, -0.2) is 47.1 Å². The predicted molar refractivity (Wildman–Crippen MR) is 113 cm³/mol. The summed E-state index contributed by atoms with van der Waals surface area (Å²) in [5.74, 6) is 1.46. The van der Waals surface area contributed by atoms with E-state index in [-0.39, 0.29) is 6.03 Å². The average Bonchev–Trinajstić information content (AvgIpc) is 3.27. The Labute approximate surface area is 165 Å². The number of carbonyl (C=O) groups is 1. The molecular weight excluding hydrogens is 350 g/mol. The summed E-state index contributed by atoms with van der Waals surface area (Å²) in [4.78, 5) is 22.2. The maximum Gasteiger partial charge on any atom is 0.319 e. The van der Waals surface area contributed by atoms with E-state index < -0.39 is 0 Å². The van der Waals surface area contributed by atoms with E-state index in [0.29, 0.717) is 12.5 Å². The molecule has 0 unspecified atom stereocenters. The number of nitrogens with one attached hydrogen (secondary N) is 3.